The van der Waals surface area contributed by atoms with Crippen LogP contribution in [0.3, 0.4) is 0 Å². The molecule has 2 aromatic heterocycles. The number of rotatable bonds is 2. The van der Waals surface area contributed by atoms with Crippen LogP contribution in [0.2, 0.25) is 0 Å². The van der Waals surface area contributed by atoms with Gasteiger partial charge < -0.3 is 21.1 Å². The Morgan fingerprint density at radius 2 is 1.22 bits per heavy atom. The molecule has 3 radical (unpaired) electrons. The fourth-order valence-corrected chi connectivity index (χ4v) is 3.43. The van der Waals surface area contributed by atoms with Gasteiger partial charge >= 0.3 is 41.7 Å². The second-order valence-corrected chi connectivity index (χ2v) is 10.6. The van der Waals surface area contributed by atoms with Crippen LogP contribution in [0.15, 0.2) is 60.9 Å². The first kappa shape index (κ1) is 38.1. The summed E-state index contributed by atoms with van der Waals surface area (Å²) in [5.74, 6) is 0. The Hall–Kier alpha value is -2.89. The molecule has 0 spiro atoms. The molecule has 2 heterocycles. The van der Waals surface area contributed by atoms with E-state index >= 15 is 0 Å². The van der Waals surface area contributed by atoms with Gasteiger partial charge in [-0.05, 0) is 78.3 Å². The number of aromatic nitrogens is 2. The van der Waals surface area contributed by atoms with E-state index in [9.17, 15) is 14.4 Å². The van der Waals surface area contributed by atoms with E-state index in [4.69, 9.17) is 19.7 Å². The van der Waals surface area contributed by atoms with Crippen molar-refractivity contribution in [2.75, 3.05) is 6.61 Å². The number of benzene rings is 2. The van der Waals surface area contributed by atoms with E-state index in [1.807, 2.05) is 65.8 Å². The number of carbonyl (C=O) groups excluding carboxylic acids is 3. The molecule has 0 atom stereocenters. The molecule has 0 fully saturated rings. The zero-order valence-electron chi connectivity index (χ0n) is 26.2. The van der Waals surface area contributed by atoms with E-state index in [1.165, 1.54) is 9.13 Å². The molecule has 4 rings (SSSR count). The van der Waals surface area contributed by atoms with Crippen LogP contribution in [0.5, 0.6) is 0 Å². The largest absolute Gasteiger partial charge is 1.00 e. The zero-order valence-corrected chi connectivity index (χ0v) is 27.2. The maximum absolute atomic E-state index is 12.0. The van der Waals surface area contributed by atoms with Crippen LogP contribution in [-0.4, -0.2) is 64.0 Å². The first-order chi connectivity index (χ1) is 18.2. The molecular weight excluding hydrogens is 534 g/mol. The van der Waals surface area contributed by atoms with Crippen LogP contribution in [0.1, 0.15) is 65.8 Å². The summed E-state index contributed by atoms with van der Waals surface area (Å²) in [4.78, 5) is 34.8. The van der Waals surface area contributed by atoms with E-state index in [2.05, 4.69) is 0 Å². The maximum Gasteiger partial charge on any atom is 1.00 e. The number of aldehydes is 1. The smallest absolute Gasteiger partial charge is 1.00 e. The third kappa shape index (κ3) is 11.5. The Morgan fingerprint density at radius 3 is 1.61 bits per heavy atom. The number of hydrogen-bond donors (Lipinski definition) is 2. The van der Waals surface area contributed by atoms with Crippen LogP contribution in [0, 0.1) is 0 Å². The maximum atomic E-state index is 12.0. The van der Waals surface area contributed by atoms with Crippen molar-refractivity contribution in [3.63, 3.8) is 0 Å². The van der Waals surface area contributed by atoms with Crippen LogP contribution < -0.4 is 29.6 Å². The molecule has 41 heavy (non-hydrogen) atoms. The summed E-state index contributed by atoms with van der Waals surface area (Å²) in [6, 6.07) is 14.4. The molecule has 9 nitrogen and oxygen atoms in total. The molecule has 0 saturated heterocycles. The first-order valence-corrected chi connectivity index (χ1v) is 12.6. The van der Waals surface area contributed by atoms with Gasteiger partial charge in [0.25, 0.3) is 0 Å². The summed E-state index contributed by atoms with van der Waals surface area (Å²) >= 11 is 0. The second kappa shape index (κ2) is 16.5. The Morgan fingerprint density at radius 1 is 0.805 bits per heavy atom. The Bertz CT molecular complexity index is 1440. The van der Waals surface area contributed by atoms with Crippen LogP contribution in [0.25, 0.3) is 21.8 Å². The number of hydrogen-bond acceptors (Lipinski definition) is 7. The van der Waals surface area contributed by atoms with Crippen LogP contribution >= 0.6 is 0 Å². The molecule has 0 aliphatic rings. The summed E-state index contributed by atoms with van der Waals surface area (Å²) < 4.78 is 13.5. The van der Waals surface area contributed by atoms with Gasteiger partial charge in [-0.3, -0.25) is 13.9 Å². The van der Waals surface area contributed by atoms with Crippen molar-refractivity contribution in [1.82, 2.24) is 9.13 Å². The first-order valence-electron chi connectivity index (χ1n) is 12.6. The van der Waals surface area contributed by atoms with Crippen molar-refractivity contribution >= 4 is 48.7 Å². The summed E-state index contributed by atoms with van der Waals surface area (Å²) in [7, 11) is 0. The monoisotopic (exact) mass is 573 g/mol. The van der Waals surface area contributed by atoms with Crippen LogP contribution in [0.4, 0.5) is 9.59 Å². The summed E-state index contributed by atoms with van der Waals surface area (Å²) in [6.07, 6.45) is 3.23. The van der Waals surface area contributed by atoms with Gasteiger partial charge in [-0.1, -0.05) is 24.3 Å². The predicted octanol–water partition coefficient (Wildman–Crippen LogP) is 2.89. The zero-order chi connectivity index (χ0) is 29.4. The summed E-state index contributed by atoms with van der Waals surface area (Å²) in [6.45, 7) is 12.8. The van der Waals surface area contributed by atoms with Crippen molar-refractivity contribution in [1.29, 1.82) is 0 Å². The van der Waals surface area contributed by atoms with Gasteiger partial charge in [-0.15, -0.1) is 0 Å². The van der Waals surface area contributed by atoms with Crippen molar-refractivity contribution in [2.45, 2.75) is 66.3 Å². The van der Waals surface area contributed by atoms with Gasteiger partial charge in [-0.2, -0.15) is 0 Å². The number of nitrogens with zero attached hydrogens (tertiary/aromatic N) is 2. The minimum Gasteiger partial charge on any atom is -1.00 e. The molecule has 0 unspecified atom stereocenters. The third-order valence-electron chi connectivity index (χ3n) is 4.97. The fourth-order valence-electron chi connectivity index (χ4n) is 3.43. The van der Waals surface area contributed by atoms with Crippen molar-refractivity contribution in [3.8, 4) is 0 Å². The molecule has 0 aliphatic carbocycles. The average Bonchev–Trinajstić information content (AvgIpc) is 3.46. The SMILES string of the molecule is CC(C)(C)OC(=O)n1ccc2ccc(C=O)cc21.CC(C)(C)OC(=O)n1ccc2ccc(CO)cc21.CCO.[B].[H-].[Na+]. The normalized spacial score (nSPS) is 10.7. The minimum atomic E-state index is -0.546. The second-order valence-electron chi connectivity index (χ2n) is 10.6. The van der Waals surface area contributed by atoms with E-state index in [0.29, 0.717) is 11.1 Å². The molecule has 11 heteroatoms. The van der Waals surface area contributed by atoms with E-state index in [0.717, 1.165) is 28.1 Å². The Labute approximate surface area is 266 Å². The topological polar surface area (TPSA) is 120 Å². The number of fused-ring (bicyclic) bond motifs is 2. The number of aliphatic hydroxyl groups excluding tert-OH is 2. The molecule has 2 N–H and O–H groups in total. The quantitative estimate of drug-likeness (QED) is 0.280. The van der Waals surface area contributed by atoms with Gasteiger partial charge in [0.2, 0.25) is 0 Å². The molecule has 0 bridgehead atoms. The minimum absolute atomic E-state index is 0. The van der Waals surface area contributed by atoms with E-state index < -0.39 is 23.4 Å². The molecule has 0 saturated carbocycles. The van der Waals surface area contributed by atoms with Crippen molar-refractivity contribution in [3.05, 3.63) is 72.1 Å². The van der Waals surface area contributed by atoms with Gasteiger partial charge in [-0.25, -0.2) is 9.59 Å². The molecule has 215 valence electrons. The van der Waals surface area contributed by atoms with Gasteiger partial charge in [0.05, 0.1) is 17.6 Å². The molecule has 2 aromatic carbocycles. The van der Waals surface area contributed by atoms with E-state index in [-0.39, 0.29) is 52.6 Å². The Balaban J connectivity index is 0. The average molecular weight is 573 g/mol. The number of carbonyl (C=O) groups is 3. The van der Waals surface area contributed by atoms with Crippen LogP contribution in [-0.2, 0) is 16.1 Å². The third-order valence-corrected chi connectivity index (χ3v) is 4.97. The predicted molar refractivity (Wildman–Crippen MR) is 158 cm³/mol. The summed E-state index contributed by atoms with van der Waals surface area (Å²) in [5.41, 5.74) is 1.65. The number of ether oxygens (including phenoxy) is 2. The standard InChI is InChI=1S/C14H17NO3.C14H15NO3.C2H6O.B.Na.H/c2*1-14(2,3)18-13(17)15-7-6-11-5-4-10(9-16)8-12(11)15;1-2-3;;;/h4-8,16H,9H2,1-3H3;4-9H,1-3H3;3H,2H2,1H3;;;/q;;;;+1;-1. The molecule has 0 amide bonds. The Kier molecular flexibility index (Phi) is 15.4. The molecule has 0 aliphatic heterocycles. The molecular formula is C30H39BN2NaO7. The number of aliphatic hydroxyl groups is 2. The van der Waals surface area contributed by atoms with Gasteiger partial charge in [0, 0.05) is 43.7 Å². The molecule has 4 aromatic rings. The summed E-state index contributed by atoms with van der Waals surface area (Å²) in [5, 5.41) is 18.5. The van der Waals surface area contributed by atoms with E-state index in [1.54, 1.807) is 43.6 Å². The van der Waals surface area contributed by atoms with Gasteiger partial charge in [0.1, 0.15) is 17.5 Å². The van der Waals surface area contributed by atoms with Gasteiger partial charge in [0.15, 0.2) is 0 Å². The van der Waals surface area contributed by atoms with Crippen molar-refractivity contribution in [2.24, 2.45) is 0 Å². The van der Waals surface area contributed by atoms with Crippen molar-refractivity contribution < 1.29 is 65.1 Å². The fraction of sp³-hybridized carbons (Fsp3) is 0.367.